The molecule has 104 valence electrons. The predicted octanol–water partition coefficient (Wildman–Crippen LogP) is 2.38. The maximum atomic E-state index is 11.8. The molecule has 0 unspecified atom stereocenters. The quantitative estimate of drug-likeness (QED) is 0.608. The van der Waals surface area contributed by atoms with E-state index in [2.05, 4.69) is 21.2 Å². The van der Waals surface area contributed by atoms with Gasteiger partial charge in [0.05, 0.1) is 15.4 Å². The smallest absolute Gasteiger partial charge is 0.285 e. The number of amides is 1. The summed E-state index contributed by atoms with van der Waals surface area (Å²) in [6, 6.07) is 3.77. The minimum absolute atomic E-state index is 0.101. The Hall–Kier alpha value is -1.12. The number of hydrogen-bond donors (Lipinski definition) is 2. The van der Waals surface area contributed by atoms with Crippen molar-refractivity contribution in [3.63, 3.8) is 0 Å². The van der Waals surface area contributed by atoms with Crippen molar-refractivity contribution in [3.05, 3.63) is 32.8 Å². The van der Waals surface area contributed by atoms with Gasteiger partial charge in [0.25, 0.3) is 5.69 Å². The molecule has 6 nitrogen and oxygen atoms in total. The molecule has 1 amide bonds. The summed E-state index contributed by atoms with van der Waals surface area (Å²) < 4.78 is 0.363. The van der Waals surface area contributed by atoms with Gasteiger partial charge in [0.15, 0.2) is 0 Å². The zero-order valence-corrected chi connectivity index (χ0v) is 12.7. The van der Waals surface area contributed by atoms with Crippen molar-refractivity contribution in [3.8, 4) is 0 Å². The maximum absolute atomic E-state index is 11.8. The van der Waals surface area contributed by atoms with Gasteiger partial charge in [0.1, 0.15) is 0 Å². The molecule has 3 N–H and O–H groups in total. The number of nitrogens with two attached hydrogens (primary N) is 1. The van der Waals surface area contributed by atoms with Crippen molar-refractivity contribution in [1.82, 2.24) is 0 Å². The lowest BCUT2D eigenvalue weighted by Gasteiger charge is -2.11. The zero-order valence-electron chi connectivity index (χ0n) is 10.3. The van der Waals surface area contributed by atoms with Crippen LogP contribution in [-0.4, -0.2) is 28.9 Å². The van der Waals surface area contributed by atoms with Crippen LogP contribution in [0.1, 0.15) is 6.42 Å². The first-order valence-electron chi connectivity index (χ1n) is 5.45. The van der Waals surface area contributed by atoms with E-state index in [9.17, 15) is 14.9 Å². The van der Waals surface area contributed by atoms with Gasteiger partial charge in [-0.15, -0.1) is 0 Å². The number of nitrogens with one attached hydrogen (secondary N) is 1. The van der Waals surface area contributed by atoms with Gasteiger partial charge in [-0.05, 0) is 46.5 Å². The minimum Gasteiger partial charge on any atom is -0.324 e. The van der Waals surface area contributed by atoms with Gasteiger partial charge in [-0.3, -0.25) is 14.9 Å². The Kier molecular flexibility index (Phi) is 6.26. The van der Waals surface area contributed by atoms with Crippen LogP contribution in [0.4, 0.5) is 11.4 Å². The van der Waals surface area contributed by atoms with Gasteiger partial charge in [0, 0.05) is 11.8 Å². The van der Waals surface area contributed by atoms with E-state index in [-0.39, 0.29) is 11.6 Å². The first kappa shape index (κ1) is 15.9. The lowest BCUT2D eigenvalue weighted by Crippen LogP contribution is -2.36. The highest BCUT2D eigenvalue weighted by atomic mass is 79.9. The van der Waals surface area contributed by atoms with Gasteiger partial charge in [0.2, 0.25) is 5.91 Å². The fourth-order valence-electron chi connectivity index (χ4n) is 1.34. The number of nitro groups is 1. The number of carbonyl (C=O) groups is 1. The molecule has 0 aliphatic rings. The molecule has 1 atom stereocenters. The van der Waals surface area contributed by atoms with E-state index in [1.54, 1.807) is 17.8 Å². The maximum Gasteiger partial charge on any atom is 0.285 e. The summed E-state index contributed by atoms with van der Waals surface area (Å²) in [4.78, 5) is 22.0. The molecule has 0 aliphatic heterocycles. The molecule has 19 heavy (non-hydrogen) atoms. The first-order valence-corrected chi connectivity index (χ1v) is 7.63. The van der Waals surface area contributed by atoms with Crippen LogP contribution in [0.3, 0.4) is 0 Å². The molecule has 0 spiro atoms. The Labute approximate surface area is 123 Å². The predicted molar refractivity (Wildman–Crippen MR) is 80.4 cm³/mol. The van der Waals surface area contributed by atoms with Crippen molar-refractivity contribution >= 4 is 45.0 Å². The number of hydrogen-bond acceptors (Lipinski definition) is 5. The van der Waals surface area contributed by atoms with Gasteiger partial charge >= 0.3 is 0 Å². The van der Waals surface area contributed by atoms with E-state index < -0.39 is 11.0 Å². The third-order valence-electron chi connectivity index (χ3n) is 2.38. The fraction of sp³-hybridized carbons (Fsp3) is 0.364. The highest BCUT2D eigenvalue weighted by molar-refractivity contribution is 9.10. The van der Waals surface area contributed by atoms with Crippen LogP contribution in [0.25, 0.3) is 0 Å². The number of nitro benzene ring substituents is 1. The largest absolute Gasteiger partial charge is 0.324 e. The SMILES string of the molecule is CSCC[C@H](N)C(=O)Nc1ccc(Br)c([N+](=O)[O-])c1. The molecule has 0 bridgehead atoms. The van der Waals surface area contributed by atoms with E-state index in [4.69, 9.17) is 5.73 Å². The Morgan fingerprint density at radius 1 is 1.63 bits per heavy atom. The van der Waals surface area contributed by atoms with Crippen molar-refractivity contribution in [2.45, 2.75) is 12.5 Å². The normalized spacial score (nSPS) is 11.9. The van der Waals surface area contributed by atoms with Crippen LogP contribution >= 0.6 is 27.7 Å². The summed E-state index contributed by atoms with van der Waals surface area (Å²) in [5, 5.41) is 13.3. The molecule has 1 aromatic carbocycles. The van der Waals surface area contributed by atoms with Crippen molar-refractivity contribution in [1.29, 1.82) is 0 Å². The summed E-state index contributed by atoms with van der Waals surface area (Å²) in [6.45, 7) is 0. The number of anilines is 1. The molecule has 8 heteroatoms. The summed E-state index contributed by atoms with van der Waals surface area (Å²) in [5.41, 5.74) is 5.97. The van der Waals surface area contributed by atoms with E-state index in [1.807, 2.05) is 6.26 Å². The Bertz CT molecular complexity index is 484. The van der Waals surface area contributed by atoms with Crippen molar-refractivity contribution in [2.24, 2.45) is 5.73 Å². The summed E-state index contributed by atoms with van der Waals surface area (Å²) >= 11 is 4.69. The second kappa shape index (κ2) is 7.46. The highest BCUT2D eigenvalue weighted by Crippen LogP contribution is 2.27. The molecular weight excluding hydrogens is 334 g/mol. The minimum atomic E-state index is -0.616. The first-order chi connectivity index (χ1) is 8.95. The topological polar surface area (TPSA) is 98.3 Å². The highest BCUT2D eigenvalue weighted by Gasteiger charge is 2.16. The number of thioether (sulfide) groups is 1. The molecule has 0 aromatic heterocycles. The van der Waals surface area contributed by atoms with Gasteiger partial charge in [-0.1, -0.05) is 0 Å². The van der Waals surface area contributed by atoms with E-state index in [0.29, 0.717) is 16.6 Å². The third-order valence-corrected chi connectivity index (χ3v) is 3.69. The average molecular weight is 348 g/mol. The average Bonchev–Trinajstić information content (AvgIpc) is 2.37. The molecule has 0 aliphatic carbocycles. The van der Waals surface area contributed by atoms with Gasteiger partial charge in [-0.2, -0.15) is 11.8 Å². The lowest BCUT2D eigenvalue weighted by atomic mass is 10.2. The molecular formula is C11H14BrN3O3S. The van der Waals surface area contributed by atoms with Crippen molar-refractivity contribution < 1.29 is 9.72 Å². The van der Waals surface area contributed by atoms with Crippen LogP contribution in [0.15, 0.2) is 22.7 Å². The number of nitrogens with zero attached hydrogens (tertiary/aromatic N) is 1. The van der Waals surface area contributed by atoms with Crippen LogP contribution < -0.4 is 11.1 Å². The van der Waals surface area contributed by atoms with E-state index in [1.165, 1.54) is 12.1 Å². The molecule has 0 heterocycles. The summed E-state index contributed by atoms with van der Waals surface area (Å²) in [7, 11) is 0. The fourth-order valence-corrected chi connectivity index (χ4v) is 2.22. The zero-order chi connectivity index (χ0) is 14.4. The van der Waals surface area contributed by atoms with Gasteiger partial charge in [-0.25, -0.2) is 0 Å². The molecule has 0 saturated heterocycles. The molecule has 0 saturated carbocycles. The third kappa shape index (κ3) is 4.81. The lowest BCUT2D eigenvalue weighted by molar-refractivity contribution is -0.385. The molecule has 0 radical (unpaired) electrons. The Balaban J connectivity index is 2.74. The number of carbonyl (C=O) groups excluding carboxylic acids is 1. The number of halogens is 1. The Morgan fingerprint density at radius 3 is 2.89 bits per heavy atom. The monoisotopic (exact) mass is 347 g/mol. The number of benzene rings is 1. The second-order valence-corrected chi connectivity index (χ2v) is 5.64. The van der Waals surface area contributed by atoms with E-state index in [0.717, 1.165) is 5.75 Å². The van der Waals surface area contributed by atoms with Crippen LogP contribution in [-0.2, 0) is 4.79 Å². The summed E-state index contributed by atoms with van der Waals surface area (Å²) in [5.74, 6) is 0.445. The summed E-state index contributed by atoms with van der Waals surface area (Å²) in [6.07, 6.45) is 2.49. The van der Waals surface area contributed by atoms with Crippen LogP contribution in [0.5, 0.6) is 0 Å². The molecule has 1 rings (SSSR count). The van der Waals surface area contributed by atoms with E-state index >= 15 is 0 Å². The molecule has 1 aromatic rings. The second-order valence-electron chi connectivity index (χ2n) is 3.80. The van der Waals surface area contributed by atoms with Gasteiger partial charge < -0.3 is 11.1 Å². The van der Waals surface area contributed by atoms with Crippen LogP contribution in [0, 0.1) is 10.1 Å². The Morgan fingerprint density at radius 2 is 2.32 bits per heavy atom. The van der Waals surface area contributed by atoms with Crippen LogP contribution in [0.2, 0.25) is 0 Å². The standard InChI is InChI=1S/C11H14BrN3O3S/c1-19-5-4-9(13)11(16)14-7-2-3-8(12)10(6-7)15(17)18/h2-3,6,9H,4-5,13H2,1H3,(H,14,16)/t9-/m0/s1. The number of rotatable bonds is 6. The van der Waals surface area contributed by atoms with Crippen molar-refractivity contribution in [2.75, 3.05) is 17.3 Å². The molecule has 0 fully saturated rings.